The van der Waals surface area contributed by atoms with Crippen molar-refractivity contribution in [2.75, 3.05) is 20.3 Å². The van der Waals surface area contributed by atoms with E-state index >= 15 is 0 Å². The number of carbonyl (C=O) groups excluding carboxylic acids is 1. The fourth-order valence-electron chi connectivity index (χ4n) is 1.19. The number of aliphatic hydroxyl groups is 1. The summed E-state index contributed by atoms with van der Waals surface area (Å²) in [6.07, 6.45) is -0.565. The number of hydrogen-bond donors (Lipinski definition) is 2. The molecule has 0 saturated heterocycles. The maximum Gasteiger partial charge on any atom is 0.258 e. The molecule has 0 heterocycles. The quantitative estimate of drug-likeness (QED) is 0.761. The van der Waals surface area contributed by atoms with Gasteiger partial charge in [0, 0.05) is 6.54 Å². The van der Waals surface area contributed by atoms with Crippen molar-refractivity contribution in [1.29, 1.82) is 0 Å². The molecule has 94 valence electrons. The Balaban J connectivity index is 2.42. The highest BCUT2D eigenvalue weighted by Gasteiger charge is 2.07. The van der Waals surface area contributed by atoms with Gasteiger partial charge in [0.15, 0.2) is 18.1 Å². The number of carbonyl (C=O) groups is 1. The van der Waals surface area contributed by atoms with Crippen molar-refractivity contribution in [2.24, 2.45) is 0 Å². The van der Waals surface area contributed by atoms with E-state index in [1.165, 1.54) is 7.11 Å². The number of hydrogen-bond acceptors (Lipinski definition) is 4. The molecule has 2 N–H and O–H groups in total. The van der Waals surface area contributed by atoms with Crippen molar-refractivity contribution in [3.8, 4) is 11.5 Å². The van der Waals surface area contributed by atoms with E-state index in [0.717, 1.165) is 0 Å². The van der Waals surface area contributed by atoms with Gasteiger partial charge >= 0.3 is 0 Å². The second-order valence-corrected chi connectivity index (χ2v) is 3.59. The third-order valence-electron chi connectivity index (χ3n) is 2.02. The van der Waals surface area contributed by atoms with Gasteiger partial charge in [0.25, 0.3) is 5.91 Å². The average Bonchev–Trinajstić information content (AvgIpc) is 2.34. The molecule has 17 heavy (non-hydrogen) atoms. The molecule has 0 bridgehead atoms. The highest BCUT2D eigenvalue weighted by molar-refractivity contribution is 5.77. The molecule has 5 heteroatoms. The van der Waals surface area contributed by atoms with Crippen LogP contribution in [-0.2, 0) is 4.79 Å². The average molecular weight is 239 g/mol. The van der Waals surface area contributed by atoms with Crippen molar-refractivity contribution in [3.63, 3.8) is 0 Å². The molecule has 1 aromatic rings. The van der Waals surface area contributed by atoms with Crippen LogP contribution in [0.3, 0.4) is 0 Å². The van der Waals surface area contributed by atoms with Gasteiger partial charge < -0.3 is 19.9 Å². The SMILES string of the molecule is COc1ccccc1OCC(=O)NC[C@H](C)O. The number of aliphatic hydroxyl groups excluding tert-OH is 1. The van der Waals surface area contributed by atoms with E-state index in [1.807, 2.05) is 6.07 Å². The van der Waals surface area contributed by atoms with E-state index in [0.29, 0.717) is 11.5 Å². The highest BCUT2D eigenvalue weighted by atomic mass is 16.5. The minimum absolute atomic E-state index is 0.104. The molecular weight excluding hydrogens is 222 g/mol. The summed E-state index contributed by atoms with van der Waals surface area (Å²) in [5.74, 6) is 0.815. The number of benzene rings is 1. The highest BCUT2D eigenvalue weighted by Crippen LogP contribution is 2.25. The molecule has 0 aliphatic heterocycles. The van der Waals surface area contributed by atoms with Crippen molar-refractivity contribution >= 4 is 5.91 Å². The fraction of sp³-hybridized carbons (Fsp3) is 0.417. The molecule has 0 unspecified atom stereocenters. The van der Waals surface area contributed by atoms with Crippen LogP contribution in [0.4, 0.5) is 0 Å². The third kappa shape index (κ3) is 4.74. The maximum absolute atomic E-state index is 11.3. The topological polar surface area (TPSA) is 67.8 Å². The summed E-state index contributed by atoms with van der Waals surface area (Å²) in [5.41, 5.74) is 0. The minimum atomic E-state index is -0.565. The van der Waals surface area contributed by atoms with Crippen LogP contribution in [-0.4, -0.2) is 37.4 Å². The molecule has 5 nitrogen and oxygen atoms in total. The predicted octanol–water partition coefficient (Wildman–Crippen LogP) is 0.571. The summed E-state index contributed by atoms with van der Waals surface area (Å²) < 4.78 is 10.4. The zero-order valence-corrected chi connectivity index (χ0v) is 9.97. The van der Waals surface area contributed by atoms with Gasteiger partial charge in [-0.2, -0.15) is 0 Å². The van der Waals surface area contributed by atoms with Crippen LogP contribution in [0.5, 0.6) is 11.5 Å². The predicted molar refractivity (Wildman–Crippen MR) is 63.2 cm³/mol. The second kappa shape index (κ2) is 6.75. The van der Waals surface area contributed by atoms with Crippen molar-refractivity contribution in [2.45, 2.75) is 13.0 Å². The van der Waals surface area contributed by atoms with Gasteiger partial charge in [-0.25, -0.2) is 0 Å². The summed E-state index contributed by atoms with van der Waals surface area (Å²) in [5, 5.41) is 11.5. The Bertz CT molecular complexity index is 365. The van der Waals surface area contributed by atoms with Gasteiger partial charge in [0.1, 0.15) is 0 Å². The summed E-state index contributed by atoms with van der Waals surface area (Å²) in [7, 11) is 1.54. The first-order chi connectivity index (χ1) is 8.13. The van der Waals surface area contributed by atoms with Crippen LogP contribution in [0.15, 0.2) is 24.3 Å². The number of nitrogens with one attached hydrogen (secondary N) is 1. The largest absolute Gasteiger partial charge is 0.493 e. The van der Waals surface area contributed by atoms with Gasteiger partial charge in [-0.15, -0.1) is 0 Å². The molecule has 0 saturated carbocycles. The molecule has 0 aliphatic carbocycles. The fourth-order valence-corrected chi connectivity index (χ4v) is 1.19. The molecule has 1 amide bonds. The van der Waals surface area contributed by atoms with Crippen LogP contribution in [0, 0.1) is 0 Å². The number of rotatable bonds is 6. The normalized spacial score (nSPS) is 11.7. The van der Waals surface area contributed by atoms with E-state index < -0.39 is 6.10 Å². The van der Waals surface area contributed by atoms with Crippen LogP contribution in [0.2, 0.25) is 0 Å². The lowest BCUT2D eigenvalue weighted by atomic mass is 10.3. The molecule has 0 fully saturated rings. The smallest absolute Gasteiger partial charge is 0.258 e. The molecule has 1 aromatic carbocycles. The zero-order chi connectivity index (χ0) is 12.7. The minimum Gasteiger partial charge on any atom is -0.493 e. The number of para-hydroxylation sites is 2. The first-order valence-corrected chi connectivity index (χ1v) is 5.34. The molecule has 0 aromatic heterocycles. The monoisotopic (exact) mass is 239 g/mol. The van der Waals surface area contributed by atoms with Gasteiger partial charge in [0.2, 0.25) is 0 Å². The number of amides is 1. The van der Waals surface area contributed by atoms with E-state index in [9.17, 15) is 4.79 Å². The molecule has 0 radical (unpaired) electrons. The standard InChI is InChI=1S/C12H17NO4/c1-9(14)7-13-12(15)8-17-11-6-4-3-5-10(11)16-2/h3-6,9,14H,7-8H2,1-2H3,(H,13,15)/t9-/m0/s1. The molecule has 1 rings (SSSR count). The van der Waals surface area contributed by atoms with Crippen molar-refractivity contribution in [3.05, 3.63) is 24.3 Å². The van der Waals surface area contributed by atoms with Gasteiger partial charge in [-0.3, -0.25) is 4.79 Å². The molecule has 1 atom stereocenters. The van der Waals surface area contributed by atoms with Crippen LogP contribution in [0.25, 0.3) is 0 Å². The molecular formula is C12H17NO4. The Morgan fingerprint density at radius 2 is 2.06 bits per heavy atom. The maximum atomic E-state index is 11.3. The zero-order valence-electron chi connectivity index (χ0n) is 9.97. The van der Waals surface area contributed by atoms with E-state index in [2.05, 4.69) is 5.32 Å². The lowest BCUT2D eigenvalue weighted by Crippen LogP contribution is -2.34. The van der Waals surface area contributed by atoms with Crippen molar-refractivity contribution in [1.82, 2.24) is 5.32 Å². The molecule has 0 aliphatic rings. The third-order valence-corrected chi connectivity index (χ3v) is 2.02. The van der Waals surface area contributed by atoms with Crippen LogP contribution < -0.4 is 14.8 Å². The Kier molecular flexibility index (Phi) is 5.29. The van der Waals surface area contributed by atoms with Crippen molar-refractivity contribution < 1.29 is 19.4 Å². The van der Waals surface area contributed by atoms with Gasteiger partial charge in [-0.05, 0) is 19.1 Å². The van der Waals surface area contributed by atoms with Crippen LogP contribution in [0.1, 0.15) is 6.92 Å². The van der Waals surface area contributed by atoms with E-state index in [4.69, 9.17) is 14.6 Å². The first-order valence-electron chi connectivity index (χ1n) is 5.34. The summed E-state index contributed by atoms with van der Waals surface area (Å²) >= 11 is 0. The lowest BCUT2D eigenvalue weighted by molar-refractivity contribution is -0.123. The summed E-state index contributed by atoms with van der Waals surface area (Å²) in [4.78, 5) is 11.3. The van der Waals surface area contributed by atoms with E-state index in [1.54, 1.807) is 25.1 Å². The number of ether oxygens (including phenoxy) is 2. The van der Waals surface area contributed by atoms with Crippen LogP contribution >= 0.6 is 0 Å². The lowest BCUT2D eigenvalue weighted by Gasteiger charge is -2.11. The summed E-state index contributed by atoms with van der Waals surface area (Å²) in [6, 6.07) is 7.09. The number of methoxy groups -OCH3 is 1. The Morgan fingerprint density at radius 3 is 2.65 bits per heavy atom. The summed E-state index contributed by atoms with van der Waals surface area (Å²) in [6.45, 7) is 1.71. The van der Waals surface area contributed by atoms with Gasteiger partial charge in [0.05, 0.1) is 13.2 Å². The second-order valence-electron chi connectivity index (χ2n) is 3.59. The first kappa shape index (κ1) is 13.3. The Hall–Kier alpha value is -1.75. The van der Waals surface area contributed by atoms with Gasteiger partial charge in [-0.1, -0.05) is 12.1 Å². The Labute approximate surface area is 100 Å². The Morgan fingerprint density at radius 1 is 1.41 bits per heavy atom. The van der Waals surface area contributed by atoms with E-state index in [-0.39, 0.29) is 19.1 Å². The molecule has 0 spiro atoms.